The fourth-order valence-corrected chi connectivity index (χ4v) is 1.03. The van der Waals surface area contributed by atoms with Gasteiger partial charge in [-0.3, -0.25) is 4.79 Å². The smallest absolute Gasteiger partial charge is 0.266 e. The molecule has 0 bridgehead atoms. The van der Waals surface area contributed by atoms with E-state index < -0.39 is 5.97 Å². The highest BCUT2D eigenvalue weighted by Crippen LogP contribution is 1.92. The monoisotopic (exact) mass is 195 g/mol. The van der Waals surface area contributed by atoms with Gasteiger partial charge < -0.3 is 9.90 Å². The fraction of sp³-hybridized carbons (Fsp3) is 0.444. The zero-order valence-corrected chi connectivity index (χ0v) is 7.90. The van der Waals surface area contributed by atoms with Crippen LogP contribution in [0.4, 0.5) is 0 Å². The third-order valence-electron chi connectivity index (χ3n) is 1.80. The number of aryl methyl sites for hydroxylation is 1. The van der Waals surface area contributed by atoms with Crippen molar-refractivity contribution < 1.29 is 9.90 Å². The van der Waals surface area contributed by atoms with E-state index in [0.29, 0.717) is 6.54 Å². The SMILES string of the molecule is CCCCn1nc(C(=O)[O-])ccc1=O. The number of rotatable bonds is 4. The second kappa shape index (κ2) is 4.55. The van der Waals surface area contributed by atoms with Crippen molar-refractivity contribution in [1.82, 2.24) is 9.78 Å². The molecule has 14 heavy (non-hydrogen) atoms. The maximum Gasteiger partial charge on any atom is 0.266 e. The van der Waals surface area contributed by atoms with Gasteiger partial charge in [-0.2, -0.15) is 5.10 Å². The molecule has 0 fully saturated rings. The average Bonchev–Trinajstić information content (AvgIpc) is 2.16. The predicted molar refractivity (Wildman–Crippen MR) is 47.7 cm³/mol. The molecule has 0 saturated heterocycles. The molecule has 0 spiro atoms. The first-order valence-corrected chi connectivity index (χ1v) is 4.44. The van der Waals surface area contributed by atoms with E-state index in [9.17, 15) is 14.7 Å². The molecule has 0 saturated carbocycles. The van der Waals surface area contributed by atoms with E-state index in [2.05, 4.69) is 5.10 Å². The minimum Gasteiger partial charge on any atom is -0.543 e. The minimum atomic E-state index is -1.37. The van der Waals surface area contributed by atoms with Crippen molar-refractivity contribution in [3.8, 4) is 0 Å². The number of aromatic nitrogens is 2. The van der Waals surface area contributed by atoms with Crippen molar-refractivity contribution in [3.63, 3.8) is 0 Å². The summed E-state index contributed by atoms with van der Waals surface area (Å²) in [4.78, 5) is 21.6. The first-order valence-electron chi connectivity index (χ1n) is 4.44. The van der Waals surface area contributed by atoms with Crippen molar-refractivity contribution in [2.24, 2.45) is 0 Å². The highest BCUT2D eigenvalue weighted by Gasteiger charge is 2.00. The van der Waals surface area contributed by atoms with Crippen molar-refractivity contribution in [2.75, 3.05) is 0 Å². The van der Waals surface area contributed by atoms with Gasteiger partial charge in [0.25, 0.3) is 5.56 Å². The molecule has 0 aliphatic heterocycles. The van der Waals surface area contributed by atoms with Crippen LogP contribution in [0.15, 0.2) is 16.9 Å². The Bertz CT molecular complexity index is 384. The van der Waals surface area contributed by atoms with Crippen LogP contribution in [0.2, 0.25) is 0 Å². The van der Waals surface area contributed by atoms with Crippen LogP contribution in [0.25, 0.3) is 0 Å². The molecule has 0 amide bonds. The first kappa shape index (κ1) is 10.4. The molecule has 0 unspecified atom stereocenters. The zero-order valence-electron chi connectivity index (χ0n) is 7.90. The topological polar surface area (TPSA) is 75.0 Å². The van der Waals surface area contributed by atoms with E-state index in [-0.39, 0.29) is 11.3 Å². The summed E-state index contributed by atoms with van der Waals surface area (Å²) < 4.78 is 1.15. The van der Waals surface area contributed by atoms with E-state index >= 15 is 0 Å². The van der Waals surface area contributed by atoms with Crippen molar-refractivity contribution in [2.45, 2.75) is 26.3 Å². The predicted octanol–water partition coefficient (Wildman–Crippen LogP) is -0.593. The van der Waals surface area contributed by atoms with Gasteiger partial charge in [0.15, 0.2) is 0 Å². The molecule has 76 valence electrons. The van der Waals surface area contributed by atoms with Gasteiger partial charge in [0.1, 0.15) is 5.69 Å². The summed E-state index contributed by atoms with van der Waals surface area (Å²) in [6.45, 7) is 2.42. The number of carboxylic acid groups (broad SMARTS) is 1. The number of carboxylic acids is 1. The van der Waals surface area contributed by atoms with Crippen LogP contribution in [0.5, 0.6) is 0 Å². The maximum atomic E-state index is 11.2. The molecule has 0 atom stereocenters. The number of carbonyl (C=O) groups is 1. The van der Waals surface area contributed by atoms with Gasteiger partial charge in [-0.05, 0) is 12.5 Å². The molecular weight excluding hydrogens is 184 g/mol. The summed E-state index contributed by atoms with van der Waals surface area (Å²) in [5.74, 6) is -1.37. The molecule has 0 aromatic carbocycles. The molecule has 1 heterocycles. The lowest BCUT2D eigenvalue weighted by molar-refractivity contribution is -0.255. The summed E-state index contributed by atoms with van der Waals surface area (Å²) in [6, 6.07) is 2.34. The summed E-state index contributed by atoms with van der Waals surface area (Å²) in [7, 11) is 0. The number of carbonyl (C=O) groups excluding carboxylic acids is 1. The fourth-order valence-electron chi connectivity index (χ4n) is 1.03. The Morgan fingerprint density at radius 2 is 2.29 bits per heavy atom. The molecule has 0 aliphatic carbocycles. The van der Waals surface area contributed by atoms with Crippen LogP contribution in [0, 0.1) is 0 Å². The zero-order chi connectivity index (χ0) is 10.6. The second-order valence-electron chi connectivity index (χ2n) is 2.92. The van der Waals surface area contributed by atoms with E-state index in [1.807, 2.05) is 6.92 Å². The van der Waals surface area contributed by atoms with Crippen LogP contribution in [0.3, 0.4) is 0 Å². The summed E-state index contributed by atoms with van der Waals surface area (Å²) in [5, 5.41) is 14.1. The number of hydrogen-bond donors (Lipinski definition) is 0. The lowest BCUT2D eigenvalue weighted by Crippen LogP contribution is -2.29. The van der Waals surface area contributed by atoms with Crippen LogP contribution in [-0.4, -0.2) is 15.7 Å². The molecular formula is C9H11N2O3-. The van der Waals surface area contributed by atoms with Gasteiger partial charge in [0.2, 0.25) is 0 Å². The quantitative estimate of drug-likeness (QED) is 0.643. The van der Waals surface area contributed by atoms with Crippen molar-refractivity contribution in [3.05, 3.63) is 28.2 Å². The number of aromatic carboxylic acids is 1. The third-order valence-corrected chi connectivity index (χ3v) is 1.80. The van der Waals surface area contributed by atoms with Gasteiger partial charge in [-0.1, -0.05) is 13.3 Å². The van der Waals surface area contributed by atoms with Crippen molar-refractivity contribution >= 4 is 5.97 Å². The molecule has 1 aromatic heterocycles. The van der Waals surface area contributed by atoms with Crippen LogP contribution >= 0.6 is 0 Å². The lowest BCUT2D eigenvalue weighted by atomic mass is 10.3. The molecule has 5 heteroatoms. The first-order chi connectivity index (χ1) is 6.65. The largest absolute Gasteiger partial charge is 0.543 e. The Balaban J connectivity index is 2.96. The van der Waals surface area contributed by atoms with Crippen LogP contribution in [0.1, 0.15) is 30.3 Å². The third kappa shape index (κ3) is 2.42. The van der Waals surface area contributed by atoms with E-state index in [1.165, 1.54) is 6.07 Å². The standard InChI is InChI=1S/C9H12N2O3/c1-2-3-6-11-8(12)5-4-7(10-11)9(13)14/h4-5H,2-3,6H2,1H3,(H,13,14)/p-1. The second-order valence-corrected chi connectivity index (χ2v) is 2.92. The minimum absolute atomic E-state index is 0.208. The summed E-state index contributed by atoms with van der Waals surface area (Å²) in [5.41, 5.74) is -0.496. The highest BCUT2D eigenvalue weighted by molar-refractivity contribution is 5.82. The lowest BCUT2D eigenvalue weighted by Gasteiger charge is -2.06. The number of unbranched alkanes of at least 4 members (excludes halogenated alkanes) is 1. The van der Waals surface area contributed by atoms with Gasteiger partial charge in [-0.25, -0.2) is 4.68 Å². The van der Waals surface area contributed by atoms with E-state index in [4.69, 9.17) is 0 Å². The molecule has 0 aliphatic rings. The average molecular weight is 195 g/mol. The van der Waals surface area contributed by atoms with E-state index in [0.717, 1.165) is 23.6 Å². The van der Waals surface area contributed by atoms with Gasteiger partial charge in [-0.15, -0.1) is 0 Å². The molecule has 1 aromatic rings. The highest BCUT2D eigenvalue weighted by atomic mass is 16.4. The van der Waals surface area contributed by atoms with E-state index in [1.54, 1.807) is 0 Å². The van der Waals surface area contributed by atoms with Gasteiger partial charge in [0.05, 0.1) is 5.97 Å². The van der Waals surface area contributed by atoms with Gasteiger partial charge >= 0.3 is 0 Å². The summed E-state index contributed by atoms with van der Waals surface area (Å²) in [6.07, 6.45) is 1.72. The van der Waals surface area contributed by atoms with Crippen molar-refractivity contribution in [1.29, 1.82) is 0 Å². The van der Waals surface area contributed by atoms with Crippen LogP contribution in [-0.2, 0) is 6.54 Å². The Kier molecular flexibility index (Phi) is 3.39. The Morgan fingerprint density at radius 1 is 1.57 bits per heavy atom. The maximum absolute atomic E-state index is 11.2. The summed E-state index contributed by atoms with van der Waals surface area (Å²) >= 11 is 0. The van der Waals surface area contributed by atoms with Crippen LogP contribution < -0.4 is 10.7 Å². The normalized spacial score (nSPS) is 10.1. The number of nitrogens with zero attached hydrogens (tertiary/aromatic N) is 2. The molecule has 5 nitrogen and oxygen atoms in total. The Labute approximate surface area is 81.0 Å². The Morgan fingerprint density at radius 3 is 2.86 bits per heavy atom. The molecule has 1 rings (SSSR count). The number of hydrogen-bond acceptors (Lipinski definition) is 4. The van der Waals surface area contributed by atoms with Gasteiger partial charge in [0, 0.05) is 12.6 Å². The Hall–Kier alpha value is -1.65. The molecule has 0 N–H and O–H groups in total. The molecule has 0 radical (unpaired) electrons.